The van der Waals surface area contributed by atoms with Gasteiger partial charge in [0.1, 0.15) is 28.3 Å². The fraction of sp³-hybridized carbons (Fsp3) is 0.286. The van der Waals surface area contributed by atoms with Crippen LogP contribution in [0.3, 0.4) is 0 Å². The average Bonchev–Trinajstić information content (AvgIpc) is 3.70. The predicted octanol–water partition coefficient (Wildman–Crippen LogP) is 0.490. The molecule has 2 saturated heterocycles. The number of aromatic nitrogens is 3. The number of fused-ring (bicyclic) bond motifs is 1. The summed E-state index contributed by atoms with van der Waals surface area (Å²) in [5, 5.41) is 40.7. The highest BCUT2D eigenvalue weighted by atomic mass is 32.2. The van der Waals surface area contributed by atoms with Crippen molar-refractivity contribution >= 4 is 80.1 Å². The third-order valence-electron chi connectivity index (χ3n) is 5.86. The lowest BCUT2D eigenvalue weighted by atomic mass is 10.0. The molecule has 3 aliphatic rings. The molecule has 2 atom stereocenters. The van der Waals surface area contributed by atoms with E-state index in [1.54, 1.807) is 0 Å². The number of alkyl halides is 3. The second-order valence-corrected chi connectivity index (χ2v) is 11.3. The maximum absolute atomic E-state index is 12.9. The predicted molar refractivity (Wildman–Crippen MR) is 143 cm³/mol. The first-order valence-electron chi connectivity index (χ1n) is 11.5. The molecule has 2 fully saturated rings. The smallest absolute Gasteiger partial charge is 0.477 e. The van der Waals surface area contributed by atoms with E-state index in [1.807, 2.05) is 0 Å². The molecule has 2 aromatic rings. The molecule has 3 amide bonds. The van der Waals surface area contributed by atoms with Crippen LogP contribution in [0.1, 0.15) is 12.1 Å². The number of nitrogens with one attached hydrogen (secondary N) is 1. The van der Waals surface area contributed by atoms with E-state index in [9.17, 15) is 42.7 Å². The minimum atomic E-state index is -5.08. The first-order chi connectivity index (χ1) is 20.2. The largest absolute Gasteiger partial charge is 0.490 e. The number of nitrogens with zero attached hydrogens (tertiary/aromatic N) is 6. The number of hydrogen-bond acceptors (Lipinski definition) is 14. The number of carbonyl (C=O) groups is 5. The van der Waals surface area contributed by atoms with Crippen LogP contribution < -0.4 is 16.0 Å². The van der Waals surface area contributed by atoms with Crippen molar-refractivity contribution < 1.29 is 52.6 Å². The lowest BCUT2D eigenvalue weighted by Gasteiger charge is -2.49. The van der Waals surface area contributed by atoms with Gasteiger partial charge in [0.25, 0.3) is 17.7 Å². The third-order valence-corrected chi connectivity index (χ3v) is 8.55. The standard InChI is InChI=1S/C19H16N8O6S3.C2HF3O2/c20-18-22-9(5-35-18)10(25-33)13(28)23-11-15(30)27-12(17(31)32)8(4-34-16(11)27)3-7-1-2-26(14(7)29)19-24-21-6-36-19;3-2(4,5)1(6)7/h3,5-6,11,16,33H,1-2,4H2,(H2,20,22)(H,23,28)(H,31,32);(H,6,7)/b7-3?,25-10-;/t11-,16-;/m1./s1. The number of carboxylic acids is 2. The van der Waals surface area contributed by atoms with Crippen molar-refractivity contribution in [3.63, 3.8) is 0 Å². The SMILES string of the molecule is Nc1nc(/C(=N/O)C(=O)N[C@@H]2C(=O)N3C(C(=O)O)=C(C=C4CCN(c5nncs5)C4=O)CS[C@H]23)cs1.O=C(O)C(F)(F)F. The van der Waals surface area contributed by atoms with Gasteiger partial charge in [-0.25, -0.2) is 14.6 Å². The Hall–Kier alpha value is -4.57. The van der Waals surface area contributed by atoms with Crippen LogP contribution in [0.5, 0.6) is 0 Å². The summed E-state index contributed by atoms with van der Waals surface area (Å²) in [6.07, 6.45) is -3.18. The van der Waals surface area contributed by atoms with Gasteiger partial charge in [-0.05, 0) is 18.1 Å². The quantitative estimate of drug-likeness (QED) is 0.0931. The fourth-order valence-corrected chi connectivity index (χ4v) is 6.44. The molecule has 0 spiro atoms. The van der Waals surface area contributed by atoms with Gasteiger partial charge in [0.2, 0.25) is 5.13 Å². The maximum Gasteiger partial charge on any atom is 0.490 e. The lowest BCUT2D eigenvalue weighted by Crippen LogP contribution is -2.71. The summed E-state index contributed by atoms with van der Waals surface area (Å²) in [5.74, 6) is -5.68. The van der Waals surface area contributed by atoms with Gasteiger partial charge in [0.15, 0.2) is 10.8 Å². The van der Waals surface area contributed by atoms with Crippen molar-refractivity contribution in [2.75, 3.05) is 22.9 Å². The van der Waals surface area contributed by atoms with Crippen molar-refractivity contribution in [3.05, 3.63) is 39.5 Å². The molecule has 6 N–H and O–H groups in total. The number of β-lactam (4-membered cyclic amide) rings is 1. The molecule has 3 aliphatic heterocycles. The van der Waals surface area contributed by atoms with E-state index in [-0.39, 0.29) is 28.2 Å². The number of anilines is 2. The lowest BCUT2D eigenvalue weighted by molar-refractivity contribution is -0.192. The molecule has 0 saturated carbocycles. The molecular formula is C21H17F3N8O8S3. The zero-order chi connectivity index (χ0) is 31.6. The Morgan fingerprint density at radius 1 is 1.21 bits per heavy atom. The Morgan fingerprint density at radius 3 is 2.44 bits per heavy atom. The van der Waals surface area contributed by atoms with Gasteiger partial charge >= 0.3 is 18.1 Å². The number of rotatable bonds is 6. The summed E-state index contributed by atoms with van der Waals surface area (Å²) in [7, 11) is 0. The summed E-state index contributed by atoms with van der Waals surface area (Å²) in [6.45, 7) is 0.390. The first-order valence-corrected chi connectivity index (χ1v) is 14.3. The minimum Gasteiger partial charge on any atom is -0.477 e. The molecule has 0 unspecified atom stereocenters. The number of thiazole rings is 1. The summed E-state index contributed by atoms with van der Waals surface area (Å²) in [5.41, 5.74) is 7.17. The number of hydrogen-bond donors (Lipinski definition) is 5. The summed E-state index contributed by atoms with van der Waals surface area (Å²) < 4.78 is 31.7. The van der Waals surface area contributed by atoms with Crippen molar-refractivity contribution in [2.45, 2.75) is 24.0 Å². The number of nitrogen functional groups attached to an aromatic ring is 1. The van der Waals surface area contributed by atoms with Gasteiger partial charge in [-0.15, -0.1) is 33.3 Å². The van der Waals surface area contributed by atoms with Crippen molar-refractivity contribution in [3.8, 4) is 0 Å². The average molecular weight is 663 g/mol. The Labute approximate surface area is 249 Å². The molecule has 228 valence electrons. The Kier molecular flexibility index (Phi) is 9.01. The molecule has 22 heteroatoms. The number of oxime groups is 1. The first kappa shape index (κ1) is 31.4. The molecule has 43 heavy (non-hydrogen) atoms. The van der Waals surface area contributed by atoms with Gasteiger partial charge in [-0.2, -0.15) is 13.2 Å². The van der Waals surface area contributed by atoms with Gasteiger partial charge in [0.05, 0.1) is 0 Å². The van der Waals surface area contributed by atoms with Crippen LogP contribution >= 0.6 is 34.4 Å². The topological polar surface area (TPSA) is 242 Å². The number of nitrogens with two attached hydrogens (primary N) is 1. The number of carbonyl (C=O) groups excluding carboxylic acids is 3. The number of allylic oxidation sites excluding steroid dienone is 1. The van der Waals surface area contributed by atoms with Gasteiger partial charge in [0, 0.05) is 23.3 Å². The van der Waals surface area contributed by atoms with Crippen molar-refractivity contribution in [1.29, 1.82) is 0 Å². The zero-order valence-electron chi connectivity index (χ0n) is 21.0. The molecule has 2 aromatic heterocycles. The molecule has 0 radical (unpaired) electrons. The zero-order valence-corrected chi connectivity index (χ0v) is 23.5. The van der Waals surface area contributed by atoms with E-state index < -0.39 is 47.1 Å². The summed E-state index contributed by atoms with van der Waals surface area (Å²) in [6, 6.07) is -1.04. The van der Waals surface area contributed by atoms with E-state index in [2.05, 4.69) is 25.7 Å². The Balaban J connectivity index is 0.000000541. The van der Waals surface area contributed by atoms with E-state index in [0.29, 0.717) is 29.2 Å². The van der Waals surface area contributed by atoms with Gasteiger partial charge in [-0.1, -0.05) is 16.5 Å². The Bertz CT molecular complexity index is 1570. The molecule has 0 aromatic carbocycles. The van der Waals surface area contributed by atoms with Crippen LogP contribution in [0.4, 0.5) is 23.4 Å². The number of aliphatic carboxylic acids is 2. The molecule has 16 nitrogen and oxygen atoms in total. The second kappa shape index (κ2) is 12.3. The van der Waals surface area contributed by atoms with Crippen LogP contribution in [-0.4, -0.2) is 101 Å². The molecule has 0 aliphatic carbocycles. The molecular weight excluding hydrogens is 645 g/mol. The van der Waals surface area contributed by atoms with E-state index in [4.69, 9.17) is 15.6 Å². The number of thioether (sulfide) groups is 1. The number of amides is 3. The second-order valence-electron chi connectivity index (χ2n) is 8.46. The highest BCUT2D eigenvalue weighted by Crippen LogP contribution is 2.41. The molecule has 5 rings (SSSR count). The Morgan fingerprint density at radius 2 is 1.91 bits per heavy atom. The van der Waals surface area contributed by atoms with E-state index >= 15 is 0 Å². The van der Waals surface area contributed by atoms with Crippen LogP contribution in [-0.2, 0) is 24.0 Å². The number of carboxylic acid groups (broad SMARTS) is 2. The highest BCUT2D eigenvalue weighted by Gasteiger charge is 2.54. The van der Waals surface area contributed by atoms with Crippen LogP contribution in [0, 0.1) is 0 Å². The van der Waals surface area contributed by atoms with E-state index in [1.165, 1.54) is 45.0 Å². The minimum absolute atomic E-state index is 0.0428. The highest BCUT2D eigenvalue weighted by molar-refractivity contribution is 8.00. The maximum atomic E-state index is 12.9. The molecule has 0 bridgehead atoms. The van der Waals surface area contributed by atoms with Gasteiger partial charge in [-0.3, -0.25) is 24.2 Å². The fourth-order valence-electron chi connectivity index (χ4n) is 4.00. The van der Waals surface area contributed by atoms with Gasteiger partial charge < -0.3 is 26.5 Å². The monoisotopic (exact) mass is 662 g/mol. The third kappa shape index (κ3) is 6.44. The molecule has 5 heterocycles. The van der Waals surface area contributed by atoms with Crippen LogP contribution in [0.2, 0.25) is 0 Å². The van der Waals surface area contributed by atoms with E-state index in [0.717, 1.165) is 16.2 Å². The summed E-state index contributed by atoms with van der Waals surface area (Å²) in [4.78, 5) is 65.8. The van der Waals surface area contributed by atoms with Crippen LogP contribution in [0.25, 0.3) is 0 Å². The normalized spacial score (nSPS) is 21.3. The summed E-state index contributed by atoms with van der Waals surface area (Å²) >= 11 is 3.51. The van der Waals surface area contributed by atoms with Crippen molar-refractivity contribution in [1.82, 2.24) is 25.4 Å². The number of halogens is 3. The van der Waals surface area contributed by atoms with Crippen molar-refractivity contribution in [2.24, 2.45) is 5.16 Å². The van der Waals surface area contributed by atoms with Crippen LogP contribution in [0.15, 0.2) is 39.0 Å².